The molecule has 0 saturated heterocycles. The maximum Gasteiger partial charge on any atom is 0.135 e. The lowest BCUT2D eigenvalue weighted by molar-refractivity contribution is 0.414. The van der Waals surface area contributed by atoms with Crippen molar-refractivity contribution in [1.29, 1.82) is 0 Å². The monoisotopic (exact) mass is 337 g/mol. The van der Waals surface area contributed by atoms with Crippen LogP contribution in [0.3, 0.4) is 0 Å². The Hall–Kier alpha value is -2.77. The van der Waals surface area contributed by atoms with E-state index in [1.165, 1.54) is 0 Å². The lowest BCUT2D eigenvalue weighted by Gasteiger charge is -2.08. The molecule has 4 nitrogen and oxygen atoms in total. The number of imidazole rings is 1. The molecule has 0 aliphatic heterocycles. The van der Waals surface area contributed by atoms with Gasteiger partial charge >= 0.3 is 0 Å². The average molecular weight is 338 g/mol. The maximum absolute atomic E-state index is 5.88. The van der Waals surface area contributed by atoms with Gasteiger partial charge in [-0.2, -0.15) is 0 Å². The molecular weight excluding hydrogens is 322 g/mol. The predicted molar refractivity (Wildman–Crippen MR) is 94.8 cm³/mol. The quantitative estimate of drug-likeness (QED) is 0.525. The van der Waals surface area contributed by atoms with E-state index in [0.717, 1.165) is 34.2 Å². The van der Waals surface area contributed by atoms with E-state index in [2.05, 4.69) is 26.4 Å². The molecule has 0 bridgehead atoms. The Bertz CT molecular complexity index is 933. The molecule has 3 rings (SSSR count). The summed E-state index contributed by atoms with van der Waals surface area (Å²) in [6.45, 7) is 3.97. The van der Waals surface area contributed by atoms with Gasteiger partial charge in [0.05, 0.1) is 12.8 Å². The first-order valence-corrected chi connectivity index (χ1v) is 7.80. The predicted octanol–water partition coefficient (Wildman–Crippen LogP) is 3.95. The highest BCUT2D eigenvalue weighted by molar-refractivity contribution is 6.29. The minimum absolute atomic E-state index is 0.429. The second kappa shape index (κ2) is 6.77. The van der Waals surface area contributed by atoms with Crippen LogP contribution in [0.15, 0.2) is 42.6 Å². The Morgan fingerprint density at radius 3 is 2.50 bits per heavy atom. The van der Waals surface area contributed by atoms with Crippen LogP contribution in [0.4, 0.5) is 0 Å². The third kappa shape index (κ3) is 3.27. The van der Waals surface area contributed by atoms with Crippen molar-refractivity contribution in [2.45, 2.75) is 13.8 Å². The van der Waals surface area contributed by atoms with E-state index in [1.54, 1.807) is 19.4 Å². The maximum atomic E-state index is 5.88. The van der Waals surface area contributed by atoms with Crippen LogP contribution in [0.5, 0.6) is 5.75 Å². The molecule has 0 atom stereocenters. The molecule has 24 heavy (non-hydrogen) atoms. The van der Waals surface area contributed by atoms with Crippen molar-refractivity contribution >= 4 is 11.6 Å². The summed E-state index contributed by atoms with van der Waals surface area (Å²) in [6.07, 6.45) is 1.64. The molecule has 2 heterocycles. The first-order chi connectivity index (χ1) is 11.6. The summed E-state index contributed by atoms with van der Waals surface area (Å²) < 4.78 is 7.28. The number of hydrogen-bond acceptors (Lipinski definition) is 3. The largest absolute Gasteiger partial charge is 0.497 e. The van der Waals surface area contributed by atoms with Crippen LogP contribution in [0.25, 0.3) is 5.69 Å². The molecule has 5 heteroatoms. The topological polar surface area (TPSA) is 39.9 Å². The molecule has 1 aromatic carbocycles. The van der Waals surface area contributed by atoms with Gasteiger partial charge in [0.15, 0.2) is 0 Å². The van der Waals surface area contributed by atoms with Gasteiger partial charge in [0.1, 0.15) is 22.4 Å². The van der Waals surface area contributed by atoms with E-state index in [1.807, 2.05) is 44.2 Å². The zero-order valence-electron chi connectivity index (χ0n) is 13.7. The molecule has 0 unspecified atom stereocenters. The van der Waals surface area contributed by atoms with Crippen molar-refractivity contribution in [3.63, 3.8) is 0 Å². The minimum atomic E-state index is 0.429. The molecule has 0 aliphatic rings. The molecule has 0 saturated carbocycles. The molecule has 0 aliphatic carbocycles. The Kier molecular flexibility index (Phi) is 4.54. The zero-order valence-corrected chi connectivity index (χ0v) is 14.4. The lowest BCUT2D eigenvalue weighted by Crippen LogP contribution is -1.99. The number of nitrogens with zero attached hydrogens (tertiary/aromatic N) is 3. The van der Waals surface area contributed by atoms with Crippen LogP contribution in [-0.2, 0) is 0 Å². The Morgan fingerprint density at radius 2 is 1.83 bits per heavy atom. The van der Waals surface area contributed by atoms with Gasteiger partial charge in [-0.25, -0.2) is 9.97 Å². The van der Waals surface area contributed by atoms with Crippen LogP contribution < -0.4 is 4.74 Å². The van der Waals surface area contributed by atoms with E-state index in [-0.39, 0.29) is 0 Å². The van der Waals surface area contributed by atoms with Crippen molar-refractivity contribution in [2.24, 2.45) is 0 Å². The lowest BCUT2D eigenvalue weighted by atomic mass is 10.2. The average Bonchev–Trinajstić information content (AvgIpc) is 2.87. The summed E-state index contributed by atoms with van der Waals surface area (Å²) in [6, 6.07) is 11.4. The van der Waals surface area contributed by atoms with Gasteiger partial charge in [0, 0.05) is 17.4 Å². The minimum Gasteiger partial charge on any atom is -0.497 e. The van der Waals surface area contributed by atoms with Crippen LogP contribution in [0.1, 0.15) is 22.8 Å². The summed E-state index contributed by atoms with van der Waals surface area (Å²) in [4.78, 5) is 8.53. The number of hydrogen-bond donors (Lipinski definition) is 0. The molecular formula is C19H16ClN3O. The Labute approximate surface area is 146 Å². The normalized spacial score (nSPS) is 10.2. The fourth-order valence-electron chi connectivity index (χ4n) is 2.48. The highest BCUT2D eigenvalue weighted by Crippen LogP contribution is 2.20. The van der Waals surface area contributed by atoms with Crippen molar-refractivity contribution in [3.8, 4) is 23.3 Å². The Morgan fingerprint density at radius 1 is 1.08 bits per heavy atom. The van der Waals surface area contributed by atoms with Gasteiger partial charge in [-0.05, 0) is 56.2 Å². The second-order valence-corrected chi connectivity index (χ2v) is 5.63. The second-order valence-electron chi connectivity index (χ2n) is 5.24. The number of halogens is 1. The standard InChI is InChI=1S/C19H16ClN3O/c1-13-18(9-4-15-10-11-21-19(20)12-15)22-14(2)23(13)16-5-7-17(24-3)8-6-16/h5-8,10-12H,1-3H3. The highest BCUT2D eigenvalue weighted by atomic mass is 35.5. The highest BCUT2D eigenvalue weighted by Gasteiger charge is 2.11. The van der Waals surface area contributed by atoms with Crippen molar-refractivity contribution in [1.82, 2.24) is 14.5 Å². The van der Waals surface area contributed by atoms with Crippen LogP contribution >= 0.6 is 11.6 Å². The number of aryl methyl sites for hydroxylation is 1. The summed E-state index contributed by atoms with van der Waals surface area (Å²) in [5.41, 5.74) is 3.57. The van der Waals surface area contributed by atoms with Crippen LogP contribution in [0, 0.1) is 25.7 Å². The fraction of sp³-hybridized carbons (Fsp3) is 0.158. The summed E-state index contributed by atoms with van der Waals surface area (Å²) in [5, 5.41) is 0.429. The van der Waals surface area contributed by atoms with E-state index in [9.17, 15) is 0 Å². The van der Waals surface area contributed by atoms with Gasteiger partial charge in [-0.1, -0.05) is 17.5 Å². The van der Waals surface area contributed by atoms with Crippen LogP contribution in [0.2, 0.25) is 5.15 Å². The first-order valence-electron chi connectivity index (χ1n) is 7.42. The smallest absolute Gasteiger partial charge is 0.135 e. The third-order valence-electron chi connectivity index (χ3n) is 3.66. The molecule has 0 fully saturated rings. The van der Waals surface area contributed by atoms with E-state index >= 15 is 0 Å². The number of methoxy groups -OCH3 is 1. The van der Waals surface area contributed by atoms with Gasteiger partial charge in [0.2, 0.25) is 0 Å². The number of pyridine rings is 1. The third-order valence-corrected chi connectivity index (χ3v) is 3.86. The molecule has 0 radical (unpaired) electrons. The fourth-order valence-corrected chi connectivity index (χ4v) is 2.66. The number of ether oxygens (including phenoxy) is 1. The Balaban J connectivity index is 1.97. The van der Waals surface area contributed by atoms with Crippen LogP contribution in [-0.4, -0.2) is 21.6 Å². The summed E-state index contributed by atoms with van der Waals surface area (Å²) >= 11 is 5.88. The number of benzene rings is 1. The molecule has 0 spiro atoms. The number of rotatable bonds is 2. The molecule has 120 valence electrons. The molecule has 0 N–H and O–H groups in total. The van der Waals surface area contributed by atoms with E-state index in [0.29, 0.717) is 5.15 Å². The van der Waals surface area contributed by atoms with Gasteiger partial charge in [-0.15, -0.1) is 0 Å². The summed E-state index contributed by atoms with van der Waals surface area (Å²) in [5.74, 6) is 7.91. The van der Waals surface area contributed by atoms with E-state index < -0.39 is 0 Å². The number of aromatic nitrogens is 3. The van der Waals surface area contributed by atoms with Gasteiger partial charge in [0.25, 0.3) is 0 Å². The van der Waals surface area contributed by atoms with E-state index in [4.69, 9.17) is 16.3 Å². The SMILES string of the molecule is COc1ccc(-n2c(C)nc(C#Cc3ccnc(Cl)c3)c2C)cc1. The molecule has 2 aromatic heterocycles. The van der Waals surface area contributed by atoms with Gasteiger partial charge in [-0.3, -0.25) is 4.57 Å². The molecule has 3 aromatic rings. The zero-order chi connectivity index (χ0) is 17.1. The first kappa shape index (κ1) is 16.1. The molecule has 0 amide bonds. The van der Waals surface area contributed by atoms with Gasteiger partial charge < -0.3 is 4.74 Å². The van der Waals surface area contributed by atoms with Crippen molar-refractivity contribution in [3.05, 3.63) is 70.5 Å². The summed E-state index contributed by atoms with van der Waals surface area (Å²) in [7, 11) is 1.65. The van der Waals surface area contributed by atoms with Crippen molar-refractivity contribution < 1.29 is 4.74 Å². The van der Waals surface area contributed by atoms with Crippen molar-refractivity contribution in [2.75, 3.05) is 7.11 Å².